The number of hydrogen-bond acceptors (Lipinski definition) is 3. The third-order valence-corrected chi connectivity index (χ3v) is 6.35. The summed E-state index contributed by atoms with van der Waals surface area (Å²) < 4.78 is 0. The summed E-state index contributed by atoms with van der Waals surface area (Å²) in [5, 5.41) is 2.91. The van der Waals surface area contributed by atoms with Crippen LogP contribution in [0, 0.1) is 5.92 Å². The average molecular weight is 430 g/mol. The molecule has 1 amide bonds. The summed E-state index contributed by atoms with van der Waals surface area (Å²) in [6.45, 7) is 0.993. The van der Waals surface area contributed by atoms with Crippen LogP contribution >= 0.6 is 0 Å². The Morgan fingerprint density at radius 1 is 0.968 bits per heavy atom. The Labute approximate surface area is 188 Å². The number of aliphatic imine (C=N–C) groups is 1. The summed E-state index contributed by atoms with van der Waals surface area (Å²) in [5.74, 6) is 0.944. The Morgan fingerprint density at radius 3 is 2.35 bits per heavy atom. The number of hydrogen-bond donors (Lipinski definition) is 4. The molecule has 2 rings (SSSR count). The number of guanidine groups is 1. The highest BCUT2D eigenvalue weighted by Gasteiger charge is 2.13. The molecule has 0 radical (unpaired) electrons. The normalized spacial score (nSPS) is 15.4. The van der Waals surface area contributed by atoms with E-state index in [1.807, 2.05) is 0 Å². The molecule has 6 heteroatoms. The van der Waals surface area contributed by atoms with Crippen molar-refractivity contribution in [2.45, 2.75) is 96.1 Å². The van der Waals surface area contributed by atoms with Gasteiger partial charge in [-0.15, -0.1) is 0 Å². The standard InChI is InChI=1S/C25H43N5O/c26-23(13-8-18-29-25(27)28)24(31)30-19-22-16-14-21(15-17-22)12-5-2-1-4-9-20-10-6-3-7-11-20/h14-17,20,23H,1-13,18-19,26H2,(H,30,31)(H4,27,28,29)/t23-/m0/s1. The Balaban J connectivity index is 1.54. The quantitative estimate of drug-likeness (QED) is 0.204. The van der Waals surface area contributed by atoms with Crippen LogP contribution in [0.3, 0.4) is 0 Å². The molecule has 0 spiro atoms. The van der Waals surface area contributed by atoms with Gasteiger partial charge in [0.25, 0.3) is 0 Å². The first-order valence-electron chi connectivity index (χ1n) is 12.2. The molecule has 6 nitrogen and oxygen atoms in total. The molecule has 1 aliphatic carbocycles. The topological polar surface area (TPSA) is 120 Å². The lowest BCUT2D eigenvalue weighted by atomic mass is 9.85. The number of amides is 1. The molecule has 1 aliphatic rings. The van der Waals surface area contributed by atoms with E-state index in [-0.39, 0.29) is 11.9 Å². The van der Waals surface area contributed by atoms with Gasteiger partial charge in [-0.05, 0) is 42.7 Å². The second kappa shape index (κ2) is 14.8. The maximum atomic E-state index is 12.1. The van der Waals surface area contributed by atoms with Crippen molar-refractivity contribution in [3.63, 3.8) is 0 Å². The van der Waals surface area contributed by atoms with Gasteiger partial charge in [0.15, 0.2) is 5.96 Å². The summed E-state index contributed by atoms with van der Waals surface area (Å²) in [4.78, 5) is 16.0. The Morgan fingerprint density at radius 2 is 1.65 bits per heavy atom. The third kappa shape index (κ3) is 11.2. The summed E-state index contributed by atoms with van der Waals surface area (Å²) in [5.41, 5.74) is 19.0. The number of aryl methyl sites for hydroxylation is 1. The SMILES string of the molecule is NC(N)=NCCC[C@H](N)C(=O)NCc1ccc(CCCCCCC2CCCCC2)cc1. The maximum absolute atomic E-state index is 12.1. The summed E-state index contributed by atoms with van der Waals surface area (Å²) >= 11 is 0. The van der Waals surface area contributed by atoms with Crippen LogP contribution in [0.1, 0.15) is 88.2 Å². The van der Waals surface area contributed by atoms with Gasteiger partial charge in [-0.2, -0.15) is 0 Å². The second-order valence-electron chi connectivity index (χ2n) is 9.05. The molecule has 0 aromatic heterocycles. The monoisotopic (exact) mass is 429 g/mol. The van der Waals surface area contributed by atoms with Crippen molar-refractivity contribution >= 4 is 11.9 Å². The van der Waals surface area contributed by atoms with Crippen molar-refractivity contribution in [2.24, 2.45) is 28.1 Å². The minimum Gasteiger partial charge on any atom is -0.370 e. The number of benzene rings is 1. The molecule has 1 saturated carbocycles. The van der Waals surface area contributed by atoms with E-state index in [1.165, 1.54) is 69.8 Å². The van der Waals surface area contributed by atoms with E-state index in [0.717, 1.165) is 17.9 Å². The minimum atomic E-state index is -0.536. The van der Waals surface area contributed by atoms with Gasteiger partial charge in [-0.1, -0.05) is 82.1 Å². The number of unbranched alkanes of at least 4 members (excludes halogenated alkanes) is 3. The minimum absolute atomic E-state index is 0.0659. The van der Waals surface area contributed by atoms with E-state index < -0.39 is 6.04 Å². The van der Waals surface area contributed by atoms with Gasteiger partial charge in [0, 0.05) is 13.1 Å². The Kier molecular flexibility index (Phi) is 12.1. The third-order valence-electron chi connectivity index (χ3n) is 6.35. The zero-order valence-electron chi connectivity index (χ0n) is 19.2. The van der Waals surface area contributed by atoms with Crippen molar-refractivity contribution in [1.29, 1.82) is 0 Å². The molecule has 1 aromatic carbocycles. The first kappa shape index (κ1) is 25.2. The number of nitrogens with zero attached hydrogens (tertiary/aromatic N) is 1. The van der Waals surface area contributed by atoms with Gasteiger partial charge >= 0.3 is 0 Å². The average Bonchev–Trinajstić information content (AvgIpc) is 2.78. The Hall–Kier alpha value is -2.08. The predicted octanol–water partition coefficient (Wildman–Crippen LogP) is 3.76. The van der Waals surface area contributed by atoms with Crippen LogP contribution in [0.25, 0.3) is 0 Å². The van der Waals surface area contributed by atoms with Crippen LogP contribution in [-0.2, 0) is 17.8 Å². The van der Waals surface area contributed by atoms with E-state index in [4.69, 9.17) is 17.2 Å². The molecule has 31 heavy (non-hydrogen) atoms. The van der Waals surface area contributed by atoms with E-state index in [0.29, 0.717) is 25.9 Å². The number of nitrogens with one attached hydrogen (secondary N) is 1. The summed E-state index contributed by atoms with van der Waals surface area (Å²) in [7, 11) is 0. The van der Waals surface area contributed by atoms with Crippen LogP contribution < -0.4 is 22.5 Å². The molecule has 0 aliphatic heterocycles. The largest absolute Gasteiger partial charge is 0.370 e. The van der Waals surface area contributed by atoms with Gasteiger partial charge in [0.1, 0.15) is 0 Å². The van der Waals surface area contributed by atoms with E-state index in [9.17, 15) is 4.79 Å². The van der Waals surface area contributed by atoms with Crippen LogP contribution in [0.4, 0.5) is 0 Å². The zero-order valence-corrected chi connectivity index (χ0v) is 19.2. The van der Waals surface area contributed by atoms with Gasteiger partial charge in [0.05, 0.1) is 6.04 Å². The Bertz CT molecular complexity index is 648. The van der Waals surface area contributed by atoms with Crippen molar-refractivity contribution in [2.75, 3.05) is 6.54 Å². The van der Waals surface area contributed by atoms with Crippen LogP contribution in [-0.4, -0.2) is 24.5 Å². The second-order valence-corrected chi connectivity index (χ2v) is 9.05. The predicted molar refractivity (Wildman–Crippen MR) is 130 cm³/mol. The highest BCUT2D eigenvalue weighted by atomic mass is 16.2. The van der Waals surface area contributed by atoms with Crippen LogP contribution in [0.15, 0.2) is 29.3 Å². The fraction of sp³-hybridized carbons (Fsp3) is 0.680. The van der Waals surface area contributed by atoms with Crippen molar-refractivity contribution in [3.8, 4) is 0 Å². The molecular weight excluding hydrogens is 386 g/mol. The van der Waals surface area contributed by atoms with Crippen molar-refractivity contribution in [1.82, 2.24) is 5.32 Å². The molecule has 1 fully saturated rings. The van der Waals surface area contributed by atoms with E-state index >= 15 is 0 Å². The summed E-state index contributed by atoms with van der Waals surface area (Å²) in [6.07, 6.45) is 16.5. The van der Waals surface area contributed by atoms with Crippen LogP contribution in [0.5, 0.6) is 0 Å². The van der Waals surface area contributed by atoms with Gasteiger partial charge < -0.3 is 22.5 Å². The van der Waals surface area contributed by atoms with E-state index in [1.54, 1.807) is 0 Å². The smallest absolute Gasteiger partial charge is 0.237 e. The fourth-order valence-corrected chi connectivity index (χ4v) is 4.39. The lowest BCUT2D eigenvalue weighted by Crippen LogP contribution is -2.40. The molecule has 7 N–H and O–H groups in total. The number of carbonyl (C=O) groups is 1. The molecular formula is C25H43N5O. The molecule has 0 heterocycles. The summed E-state index contributed by atoms with van der Waals surface area (Å²) in [6, 6.07) is 8.02. The molecule has 0 unspecified atom stereocenters. The van der Waals surface area contributed by atoms with Gasteiger partial charge in [0.2, 0.25) is 5.91 Å². The van der Waals surface area contributed by atoms with E-state index in [2.05, 4.69) is 34.6 Å². The van der Waals surface area contributed by atoms with Gasteiger partial charge in [-0.3, -0.25) is 9.79 Å². The van der Waals surface area contributed by atoms with Gasteiger partial charge in [-0.25, -0.2) is 0 Å². The number of rotatable bonds is 14. The lowest BCUT2D eigenvalue weighted by molar-refractivity contribution is -0.122. The molecule has 1 atom stereocenters. The first-order chi connectivity index (χ1) is 15.0. The molecule has 174 valence electrons. The number of nitrogens with two attached hydrogens (primary N) is 3. The first-order valence-corrected chi connectivity index (χ1v) is 12.2. The highest BCUT2D eigenvalue weighted by molar-refractivity contribution is 5.81. The molecule has 0 bridgehead atoms. The lowest BCUT2D eigenvalue weighted by Gasteiger charge is -2.21. The molecule has 1 aromatic rings. The highest BCUT2D eigenvalue weighted by Crippen LogP contribution is 2.28. The van der Waals surface area contributed by atoms with Crippen LogP contribution in [0.2, 0.25) is 0 Å². The maximum Gasteiger partial charge on any atom is 0.237 e. The zero-order chi connectivity index (χ0) is 22.3. The fourth-order valence-electron chi connectivity index (χ4n) is 4.39. The van der Waals surface area contributed by atoms with Crippen molar-refractivity contribution < 1.29 is 4.79 Å². The van der Waals surface area contributed by atoms with Crippen molar-refractivity contribution in [3.05, 3.63) is 35.4 Å². The number of carbonyl (C=O) groups excluding carboxylic acids is 1. The molecule has 0 saturated heterocycles.